The SMILES string of the molecule is CC/C=C\C/C=C\C/C=C\C/C=C\C/C=C\CCCCCCCCCCCCCCCCCC(=O)OCC(COC(=O)CCCCCCC/C=C\CCCCC)OC(=O)CCCCCCCCC/C=C\C/C=C\C/C=C\CC. The standard InChI is InChI=1S/C72H122O6/c1-4-7-10-13-16-19-22-25-27-29-30-31-32-33-34-35-36-37-38-39-40-41-42-44-45-47-50-53-56-59-62-65-71(74)77-68-69(67-76-70(73)64-61-58-55-52-49-24-21-18-15-12-9-6-3)78-72(75)66-63-60-57-54-51-48-46-43-28-26-23-20-17-14-11-8-5-2/h7-8,10-11,16-21,25-28,30-31,33-34,69H,4-6,9,12-15,22-24,29,32,35-68H2,1-3H3/b10-7-,11-8-,19-16-,20-17-,21-18-,27-25-,28-26-,31-30-,34-33-. The minimum atomic E-state index is -0.787. The molecule has 0 amide bonds. The fourth-order valence-electron chi connectivity index (χ4n) is 9.13. The lowest BCUT2D eigenvalue weighted by Gasteiger charge is -2.18. The first-order valence-electron chi connectivity index (χ1n) is 32.9. The van der Waals surface area contributed by atoms with Gasteiger partial charge in [-0.3, -0.25) is 14.4 Å². The number of esters is 3. The molecule has 0 rings (SSSR count). The lowest BCUT2D eigenvalue weighted by molar-refractivity contribution is -0.167. The van der Waals surface area contributed by atoms with E-state index in [2.05, 4.69) is 130 Å². The number of carbonyl (C=O) groups excluding carboxylic acids is 3. The molecule has 6 heteroatoms. The predicted molar refractivity (Wildman–Crippen MR) is 339 cm³/mol. The van der Waals surface area contributed by atoms with Gasteiger partial charge in [-0.1, -0.05) is 278 Å². The van der Waals surface area contributed by atoms with Crippen LogP contribution in [-0.4, -0.2) is 37.2 Å². The van der Waals surface area contributed by atoms with Crippen molar-refractivity contribution in [2.75, 3.05) is 13.2 Å². The summed E-state index contributed by atoms with van der Waals surface area (Å²) in [6, 6.07) is 0. The summed E-state index contributed by atoms with van der Waals surface area (Å²) in [7, 11) is 0. The molecule has 0 aliphatic carbocycles. The van der Waals surface area contributed by atoms with Gasteiger partial charge in [-0.25, -0.2) is 0 Å². The van der Waals surface area contributed by atoms with E-state index >= 15 is 0 Å². The van der Waals surface area contributed by atoms with Crippen molar-refractivity contribution in [3.8, 4) is 0 Å². The Balaban J connectivity index is 4.21. The number of unbranched alkanes of at least 4 members (excludes halogenated alkanes) is 30. The molecular formula is C72H122O6. The van der Waals surface area contributed by atoms with Crippen molar-refractivity contribution in [3.63, 3.8) is 0 Å². The van der Waals surface area contributed by atoms with E-state index in [9.17, 15) is 14.4 Å². The summed E-state index contributed by atoms with van der Waals surface area (Å²) in [6.45, 7) is 6.40. The number of carbonyl (C=O) groups is 3. The summed E-state index contributed by atoms with van der Waals surface area (Å²) in [5, 5.41) is 0. The highest BCUT2D eigenvalue weighted by molar-refractivity contribution is 5.71. The molecule has 0 bridgehead atoms. The molecule has 6 nitrogen and oxygen atoms in total. The Hall–Kier alpha value is -3.93. The molecule has 1 atom stereocenters. The van der Waals surface area contributed by atoms with Crippen molar-refractivity contribution >= 4 is 17.9 Å². The van der Waals surface area contributed by atoms with Crippen LogP contribution in [0.2, 0.25) is 0 Å². The summed E-state index contributed by atoms with van der Waals surface area (Å²) >= 11 is 0. The summed E-state index contributed by atoms with van der Waals surface area (Å²) in [6.07, 6.45) is 89.6. The van der Waals surface area contributed by atoms with E-state index in [0.717, 1.165) is 122 Å². The van der Waals surface area contributed by atoms with Crippen molar-refractivity contribution in [1.82, 2.24) is 0 Å². The second-order valence-electron chi connectivity index (χ2n) is 21.6. The molecule has 446 valence electrons. The van der Waals surface area contributed by atoms with Crippen molar-refractivity contribution < 1.29 is 28.6 Å². The molecule has 0 aliphatic heterocycles. The van der Waals surface area contributed by atoms with E-state index in [1.165, 1.54) is 148 Å². The number of hydrogen-bond acceptors (Lipinski definition) is 6. The first kappa shape index (κ1) is 74.1. The van der Waals surface area contributed by atoms with Crippen LogP contribution in [0.4, 0.5) is 0 Å². The van der Waals surface area contributed by atoms with Crippen molar-refractivity contribution in [2.45, 2.75) is 316 Å². The van der Waals surface area contributed by atoms with Crippen molar-refractivity contribution in [2.24, 2.45) is 0 Å². The fraction of sp³-hybridized carbons (Fsp3) is 0.708. The van der Waals surface area contributed by atoms with Gasteiger partial charge in [-0.05, 0) is 122 Å². The average Bonchev–Trinajstić information content (AvgIpc) is 3.44. The quantitative estimate of drug-likeness (QED) is 0.0261. The molecular weight excluding hydrogens is 961 g/mol. The highest BCUT2D eigenvalue weighted by Gasteiger charge is 2.19. The second-order valence-corrected chi connectivity index (χ2v) is 21.6. The van der Waals surface area contributed by atoms with Crippen molar-refractivity contribution in [1.29, 1.82) is 0 Å². The largest absolute Gasteiger partial charge is 0.462 e. The third-order valence-electron chi connectivity index (χ3n) is 14.0. The maximum absolute atomic E-state index is 12.9. The van der Waals surface area contributed by atoms with Gasteiger partial charge in [0.2, 0.25) is 0 Å². The third-order valence-corrected chi connectivity index (χ3v) is 14.0. The summed E-state index contributed by atoms with van der Waals surface area (Å²) in [5.41, 5.74) is 0. The minimum absolute atomic E-state index is 0.0835. The van der Waals surface area contributed by atoms with Gasteiger partial charge in [0.25, 0.3) is 0 Å². The zero-order chi connectivity index (χ0) is 56.4. The first-order valence-corrected chi connectivity index (χ1v) is 32.9. The van der Waals surface area contributed by atoms with Gasteiger partial charge in [0.05, 0.1) is 0 Å². The molecule has 0 aliphatic rings. The van der Waals surface area contributed by atoms with Crippen molar-refractivity contribution in [3.05, 3.63) is 109 Å². The van der Waals surface area contributed by atoms with E-state index < -0.39 is 6.10 Å². The van der Waals surface area contributed by atoms with Gasteiger partial charge in [-0.2, -0.15) is 0 Å². The van der Waals surface area contributed by atoms with Gasteiger partial charge >= 0.3 is 17.9 Å². The second kappa shape index (κ2) is 65.6. The molecule has 0 spiro atoms. The molecule has 1 unspecified atom stereocenters. The van der Waals surface area contributed by atoms with Gasteiger partial charge in [0, 0.05) is 19.3 Å². The molecule has 0 fully saturated rings. The lowest BCUT2D eigenvalue weighted by Crippen LogP contribution is -2.30. The third kappa shape index (κ3) is 62.9. The normalized spacial score (nSPS) is 12.8. The minimum Gasteiger partial charge on any atom is -0.462 e. The van der Waals surface area contributed by atoms with Crippen LogP contribution in [0, 0.1) is 0 Å². The van der Waals surface area contributed by atoms with E-state index in [1.807, 2.05) is 0 Å². The van der Waals surface area contributed by atoms with Crippen LogP contribution in [0.5, 0.6) is 0 Å². The Labute approximate surface area is 482 Å². The highest BCUT2D eigenvalue weighted by atomic mass is 16.6. The van der Waals surface area contributed by atoms with E-state index in [-0.39, 0.29) is 31.1 Å². The topological polar surface area (TPSA) is 78.9 Å². The van der Waals surface area contributed by atoms with Crippen LogP contribution < -0.4 is 0 Å². The van der Waals surface area contributed by atoms with Crippen LogP contribution in [0.25, 0.3) is 0 Å². The molecule has 0 aromatic heterocycles. The predicted octanol–water partition coefficient (Wildman–Crippen LogP) is 22.6. The zero-order valence-corrected chi connectivity index (χ0v) is 51.2. The Morgan fingerprint density at radius 3 is 0.795 bits per heavy atom. The molecule has 0 heterocycles. The smallest absolute Gasteiger partial charge is 0.306 e. The van der Waals surface area contributed by atoms with Crippen LogP contribution >= 0.6 is 0 Å². The Morgan fingerprint density at radius 2 is 0.500 bits per heavy atom. The molecule has 0 saturated heterocycles. The van der Waals surface area contributed by atoms with Gasteiger partial charge in [-0.15, -0.1) is 0 Å². The summed E-state index contributed by atoms with van der Waals surface area (Å²) < 4.78 is 16.9. The zero-order valence-electron chi connectivity index (χ0n) is 51.2. The van der Waals surface area contributed by atoms with E-state index in [0.29, 0.717) is 19.3 Å². The van der Waals surface area contributed by atoms with Crippen LogP contribution in [0.15, 0.2) is 109 Å². The maximum atomic E-state index is 12.9. The average molecular weight is 1080 g/mol. The molecule has 78 heavy (non-hydrogen) atoms. The summed E-state index contributed by atoms with van der Waals surface area (Å²) in [5.74, 6) is -0.894. The fourth-order valence-corrected chi connectivity index (χ4v) is 9.13. The lowest BCUT2D eigenvalue weighted by atomic mass is 10.0. The molecule has 0 saturated carbocycles. The van der Waals surface area contributed by atoms with E-state index in [1.54, 1.807) is 0 Å². The molecule has 0 aromatic carbocycles. The van der Waals surface area contributed by atoms with Crippen LogP contribution in [-0.2, 0) is 28.6 Å². The van der Waals surface area contributed by atoms with E-state index in [4.69, 9.17) is 14.2 Å². The van der Waals surface area contributed by atoms with Gasteiger partial charge < -0.3 is 14.2 Å². The molecule has 0 aromatic rings. The maximum Gasteiger partial charge on any atom is 0.306 e. The number of hydrogen-bond donors (Lipinski definition) is 0. The van der Waals surface area contributed by atoms with Gasteiger partial charge in [0.15, 0.2) is 6.10 Å². The Bertz CT molecular complexity index is 1570. The number of ether oxygens (including phenoxy) is 3. The highest BCUT2D eigenvalue weighted by Crippen LogP contribution is 2.16. The number of allylic oxidation sites excluding steroid dienone is 18. The molecule has 0 N–H and O–H groups in total. The monoisotopic (exact) mass is 1080 g/mol. The van der Waals surface area contributed by atoms with Crippen LogP contribution in [0.1, 0.15) is 310 Å². The molecule has 0 radical (unpaired) electrons. The number of rotatable bonds is 59. The van der Waals surface area contributed by atoms with Crippen LogP contribution in [0.3, 0.4) is 0 Å². The first-order chi connectivity index (χ1) is 38.5. The Morgan fingerprint density at radius 1 is 0.269 bits per heavy atom. The summed E-state index contributed by atoms with van der Waals surface area (Å²) in [4.78, 5) is 38.3. The Kier molecular flexibility index (Phi) is 62.3. The van der Waals surface area contributed by atoms with Gasteiger partial charge in [0.1, 0.15) is 13.2 Å².